The van der Waals surface area contributed by atoms with Crippen LogP contribution in [0.25, 0.3) is 0 Å². The highest BCUT2D eigenvalue weighted by Crippen LogP contribution is 2.30. The second-order valence-corrected chi connectivity index (χ2v) is 6.10. The van der Waals surface area contributed by atoms with Gasteiger partial charge >= 0.3 is 0 Å². The number of hydrogen-bond donors (Lipinski definition) is 0. The molecule has 0 bridgehead atoms. The van der Waals surface area contributed by atoms with E-state index >= 15 is 0 Å². The molecule has 0 fully saturated rings. The van der Waals surface area contributed by atoms with E-state index in [4.69, 9.17) is 27.9 Å². The largest absolute Gasteiger partial charge is 0.494 e. The van der Waals surface area contributed by atoms with Crippen LogP contribution in [-0.4, -0.2) is 18.1 Å². The second kappa shape index (κ2) is 7.74. The molecule has 0 unspecified atom stereocenters. The van der Waals surface area contributed by atoms with Crippen LogP contribution in [-0.2, 0) is 0 Å². The topological polar surface area (TPSA) is 26.3 Å². The summed E-state index contributed by atoms with van der Waals surface area (Å²) in [4.78, 5) is 13.0. The zero-order valence-electron chi connectivity index (χ0n) is 11.4. The lowest BCUT2D eigenvalue weighted by atomic mass is 10.1. The summed E-state index contributed by atoms with van der Waals surface area (Å²) in [5, 5.41) is 1.21. The average molecular weight is 341 g/mol. The quantitative estimate of drug-likeness (QED) is 0.522. The van der Waals surface area contributed by atoms with E-state index in [1.165, 1.54) is 11.8 Å². The Morgan fingerprint density at radius 2 is 1.86 bits per heavy atom. The number of carbonyl (C=O) groups excluding carboxylic acids is 1. The van der Waals surface area contributed by atoms with Gasteiger partial charge in [0.1, 0.15) is 5.75 Å². The maximum absolute atomic E-state index is 12.1. The molecular formula is C16H14Cl2O2S. The van der Waals surface area contributed by atoms with E-state index in [9.17, 15) is 4.79 Å². The maximum atomic E-state index is 12.1. The van der Waals surface area contributed by atoms with Gasteiger partial charge in [0.05, 0.1) is 17.4 Å². The molecule has 0 heterocycles. The summed E-state index contributed by atoms with van der Waals surface area (Å²) in [5.74, 6) is 1.12. The Morgan fingerprint density at radius 3 is 2.52 bits per heavy atom. The summed E-state index contributed by atoms with van der Waals surface area (Å²) in [6.45, 7) is 2.53. The molecule has 21 heavy (non-hydrogen) atoms. The van der Waals surface area contributed by atoms with E-state index in [0.717, 1.165) is 10.6 Å². The minimum absolute atomic E-state index is 0.0408. The molecule has 0 saturated carbocycles. The lowest BCUT2D eigenvalue weighted by Crippen LogP contribution is -2.02. The normalized spacial score (nSPS) is 10.4. The summed E-state index contributed by atoms with van der Waals surface area (Å²) < 4.78 is 5.35. The molecule has 0 aromatic heterocycles. The Hall–Kier alpha value is -1.16. The van der Waals surface area contributed by atoms with Crippen LogP contribution < -0.4 is 4.74 Å². The van der Waals surface area contributed by atoms with Crippen molar-refractivity contribution < 1.29 is 9.53 Å². The van der Waals surface area contributed by atoms with Gasteiger partial charge in [-0.1, -0.05) is 23.2 Å². The Kier molecular flexibility index (Phi) is 5.97. The first-order valence-electron chi connectivity index (χ1n) is 6.44. The van der Waals surface area contributed by atoms with Gasteiger partial charge in [0.15, 0.2) is 5.78 Å². The molecular weight excluding hydrogens is 327 g/mol. The standard InChI is InChI=1S/C16H14Cl2O2S/c1-2-20-13-6-3-11(4-7-13)15(19)10-21-16-9-12(17)5-8-14(16)18/h3-9H,2,10H2,1H3. The highest BCUT2D eigenvalue weighted by Gasteiger charge is 2.09. The zero-order valence-corrected chi connectivity index (χ0v) is 13.8. The first kappa shape index (κ1) is 16.2. The number of halogens is 2. The molecule has 0 aliphatic carbocycles. The number of benzene rings is 2. The summed E-state index contributed by atoms with van der Waals surface area (Å²) in [6.07, 6.45) is 0. The van der Waals surface area contributed by atoms with Crippen molar-refractivity contribution in [1.82, 2.24) is 0 Å². The smallest absolute Gasteiger partial charge is 0.173 e. The van der Waals surface area contributed by atoms with Crippen molar-refractivity contribution in [2.75, 3.05) is 12.4 Å². The van der Waals surface area contributed by atoms with E-state index in [1.54, 1.807) is 42.5 Å². The van der Waals surface area contributed by atoms with Crippen molar-refractivity contribution in [3.8, 4) is 5.75 Å². The van der Waals surface area contributed by atoms with Gasteiger partial charge in [-0.3, -0.25) is 4.79 Å². The molecule has 0 radical (unpaired) electrons. The third-order valence-electron chi connectivity index (χ3n) is 2.74. The monoisotopic (exact) mass is 340 g/mol. The van der Waals surface area contributed by atoms with Gasteiger partial charge < -0.3 is 4.74 Å². The Morgan fingerprint density at radius 1 is 1.14 bits per heavy atom. The van der Waals surface area contributed by atoms with Gasteiger partial charge in [0.25, 0.3) is 0 Å². The predicted molar refractivity (Wildman–Crippen MR) is 89.1 cm³/mol. The van der Waals surface area contributed by atoms with Gasteiger partial charge in [-0.25, -0.2) is 0 Å². The minimum atomic E-state index is 0.0408. The van der Waals surface area contributed by atoms with Gasteiger partial charge in [-0.15, -0.1) is 11.8 Å². The molecule has 0 amide bonds. The Balaban J connectivity index is 1.99. The van der Waals surface area contributed by atoms with E-state index in [2.05, 4.69) is 0 Å². The van der Waals surface area contributed by atoms with E-state index in [1.807, 2.05) is 6.92 Å². The van der Waals surface area contributed by atoms with Crippen LogP contribution in [0.3, 0.4) is 0 Å². The van der Waals surface area contributed by atoms with Crippen molar-refractivity contribution in [3.63, 3.8) is 0 Å². The predicted octanol–water partition coefficient (Wildman–Crippen LogP) is 5.37. The molecule has 2 aromatic carbocycles. The maximum Gasteiger partial charge on any atom is 0.173 e. The fraction of sp³-hybridized carbons (Fsp3) is 0.188. The molecule has 110 valence electrons. The highest BCUT2D eigenvalue weighted by molar-refractivity contribution is 8.00. The summed E-state index contributed by atoms with van der Waals surface area (Å²) in [5.41, 5.74) is 0.657. The third-order valence-corrected chi connectivity index (χ3v) is 4.47. The molecule has 0 saturated heterocycles. The van der Waals surface area contributed by atoms with Crippen LogP contribution >= 0.6 is 35.0 Å². The number of thioether (sulfide) groups is 1. The first-order chi connectivity index (χ1) is 10.1. The molecule has 2 aromatic rings. The molecule has 5 heteroatoms. The van der Waals surface area contributed by atoms with E-state index < -0.39 is 0 Å². The molecule has 0 spiro atoms. The SMILES string of the molecule is CCOc1ccc(C(=O)CSc2cc(Cl)ccc2Cl)cc1. The number of Topliss-reactive ketones (excluding diaryl/α,β-unsaturated/α-hetero) is 1. The molecule has 0 aliphatic rings. The number of hydrogen-bond acceptors (Lipinski definition) is 3. The van der Waals surface area contributed by atoms with Crippen molar-refractivity contribution >= 4 is 40.7 Å². The van der Waals surface area contributed by atoms with Gasteiger partial charge in [0.2, 0.25) is 0 Å². The van der Waals surface area contributed by atoms with Crippen LogP contribution in [0.15, 0.2) is 47.4 Å². The number of rotatable bonds is 6. The van der Waals surface area contributed by atoms with Crippen LogP contribution in [0.2, 0.25) is 10.0 Å². The zero-order chi connectivity index (χ0) is 15.2. The van der Waals surface area contributed by atoms with E-state index in [-0.39, 0.29) is 5.78 Å². The third kappa shape index (κ3) is 4.67. The molecule has 0 aliphatic heterocycles. The minimum Gasteiger partial charge on any atom is -0.494 e. The van der Waals surface area contributed by atoms with Crippen LogP contribution in [0, 0.1) is 0 Å². The molecule has 0 N–H and O–H groups in total. The average Bonchev–Trinajstić information content (AvgIpc) is 2.49. The Labute approximate surface area is 138 Å². The van der Waals surface area contributed by atoms with Crippen molar-refractivity contribution in [3.05, 3.63) is 58.1 Å². The van der Waals surface area contributed by atoms with Crippen molar-refractivity contribution in [2.24, 2.45) is 0 Å². The summed E-state index contributed by atoms with van der Waals surface area (Å²) >= 11 is 13.4. The number of ether oxygens (including phenoxy) is 1. The van der Waals surface area contributed by atoms with Crippen molar-refractivity contribution in [2.45, 2.75) is 11.8 Å². The van der Waals surface area contributed by atoms with Gasteiger partial charge in [-0.2, -0.15) is 0 Å². The van der Waals surface area contributed by atoms with Gasteiger partial charge in [0, 0.05) is 15.5 Å². The lowest BCUT2D eigenvalue weighted by molar-refractivity contribution is 0.102. The fourth-order valence-electron chi connectivity index (χ4n) is 1.72. The first-order valence-corrected chi connectivity index (χ1v) is 8.18. The Bertz CT molecular complexity index is 627. The fourth-order valence-corrected chi connectivity index (χ4v) is 3.11. The van der Waals surface area contributed by atoms with E-state index in [0.29, 0.717) is 28.0 Å². The van der Waals surface area contributed by atoms with Gasteiger partial charge in [-0.05, 0) is 49.4 Å². The molecule has 0 atom stereocenters. The molecule has 2 rings (SSSR count). The summed E-state index contributed by atoms with van der Waals surface area (Å²) in [6, 6.07) is 12.4. The highest BCUT2D eigenvalue weighted by atomic mass is 35.5. The number of ketones is 1. The number of carbonyl (C=O) groups is 1. The summed E-state index contributed by atoms with van der Waals surface area (Å²) in [7, 11) is 0. The molecule has 2 nitrogen and oxygen atoms in total. The lowest BCUT2D eigenvalue weighted by Gasteiger charge is -2.06. The van der Waals surface area contributed by atoms with Crippen LogP contribution in [0.4, 0.5) is 0 Å². The van der Waals surface area contributed by atoms with Crippen molar-refractivity contribution in [1.29, 1.82) is 0 Å². The second-order valence-electron chi connectivity index (χ2n) is 4.24. The van der Waals surface area contributed by atoms with Crippen LogP contribution in [0.1, 0.15) is 17.3 Å². The van der Waals surface area contributed by atoms with Crippen LogP contribution in [0.5, 0.6) is 5.75 Å².